The molecule has 2 rings (SSSR count). The maximum atomic E-state index is 11.7. The molecule has 2 atom stereocenters. The lowest BCUT2D eigenvalue weighted by atomic mass is 9.86. The zero-order valence-electron chi connectivity index (χ0n) is 10.6. The Bertz CT molecular complexity index is 364. The van der Waals surface area contributed by atoms with Crippen molar-refractivity contribution in [2.75, 3.05) is 6.54 Å². The summed E-state index contributed by atoms with van der Waals surface area (Å²) in [7, 11) is 0. The van der Waals surface area contributed by atoms with E-state index in [0.29, 0.717) is 13.0 Å². The lowest BCUT2D eigenvalue weighted by molar-refractivity contribution is -0.121. The van der Waals surface area contributed by atoms with Crippen molar-refractivity contribution in [2.45, 2.75) is 44.6 Å². The summed E-state index contributed by atoms with van der Waals surface area (Å²) in [4.78, 5) is 13.0. The molecule has 3 nitrogen and oxygen atoms in total. The number of aryl methyl sites for hydroxylation is 1. The third kappa shape index (κ3) is 4.10. The zero-order valence-corrected chi connectivity index (χ0v) is 11.4. The Morgan fingerprint density at radius 3 is 3.00 bits per heavy atom. The van der Waals surface area contributed by atoms with Crippen molar-refractivity contribution in [3.8, 4) is 0 Å². The molecule has 1 aliphatic carbocycles. The van der Waals surface area contributed by atoms with Gasteiger partial charge in [-0.05, 0) is 30.7 Å². The van der Waals surface area contributed by atoms with Crippen LogP contribution in [0.4, 0.5) is 0 Å². The fourth-order valence-electron chi connectivity index (χ4n) is 2.45. The number of hydrogen-bond acceptors (Lipinski definition) is 3. The van der Waals surface area contributed by atoms with Crippen LogP contribution in [0.3, 0.4) is 0 Å². The summed E-state index contributed by atoms with van der Waals surface area (Å²) in [5, 5.41) is 14.8. The van der Waals surface area contributed by atoms with E-state index >= 15 is 0 Å². The number of carbonyl (C=O) groups is 1. The van der Waals surface area contributed by atoms with Crippen molar-refractivity contribution in [1.29, 1.82) is 0 Å². The Morgan fingerprint density at radius 1 is 1.44 bits per heavy atom. The van der Waals surface area contributed by atoms with Crippen molar-refractivity contribution in [1.82, 2.24) is 5.32 Å². The minimum atomic E-state index is -0.226. The van der Waals surface area contributed by atoms with Crippen LogP contribution in [0.2, 0.25) is 0 Å². The van der Waals surface area contributed by atoms with Gasteiger partial charge in [0.25, 0.3) is 0 Å². The molecule has 1 saturated carbocycles. The second kappa shape index (κ2) is 6.90. The van der Waals surface area contributed by atoms with Crippen molar-refractivity contribution in [3.05, 3.63) is 22.4 Å². The molecular formula is C14H21NO2S. The first-order valence-electron chi connectivity index (χ1n) is 6.73. The van der Waals surface area contributed by atoms with Gasteiger partial charge >= 0.3 is 0 Å². The number of amides is 1. The number of aliphatic hydroxyl groups is 1. The summed E-state index contributed by atoms with van der Waals surface area (Å²) >= 11 is 1.69. The van der Waals surface area contributed by atoms with Gasteiger partial charge < -0.3 is 10.4 Å². The molecule has 2 N–H and O–H groups in total. The van der Waals surface area contributed by atoms with Crippen LogP contribution in [0.15, 0.2) is 17.5 Å². The first kappa shape index (κ1) is 13.6. The standard InChI is InChI=1S/C14H21NO2S/c16-13-6-2-1-4-11(13)10-15-14(17)8-7-12-5-3-9-18-12/h3,5,9,11,13,16H,1-2,4,6-8,10H2,(H,15,17)/t11-,13+/m0/s1. The fraction of sp³-hybridized carbons (Fsp3) is 0.643. The summed E-state index contributed by atoms with van der Waals surface area (Å²) in [5.41, 5.74) is 0. The van der Waals surface area contributed by atoms with Gasteiger partial charge in [0.15, 0.2) is 0 Å². The van der Waals surface area contributed by atoms with Crippen LogP contribution in [-0.4, -0.2) is 23.7 Å². The van der Waals surface area contributed by atoms with Crippen molar-refractivity contribution in [2.24, 2.45) is 5.92 Å². The van der Waals surface area contributed by atoms with Gasteiger partial charge in [-0.25, -0.2) is 0 Å². The first-order valence-corrected chi connectivity index (χ1v) is 7.61. The van der Waals surface area contributed by atoms with Crippen LogP contribution in [0, 0.1) is 5.92 Å². The molecule has 100 valence electrons. The van der Waals surface area contributed by atoms with Crippen LogP contribution in [0.5, 0.6) is 0 Å². The molecule has 0 aliphatic heterocycles. The van der Waals surface area contributed by atoms with Gasteiger partial charge in [0, 0.05) is 23.8 Å². The molecule has 1 heterocycles. The SMILES string of the molecule is O=C(CCc1cccs1)NC[C@@H]1CCCC[C@H]1O. The van der Waals surface area contributed by atoms with E-state index in [-0.39, 0.29) is 17.9 Å². The summed E-state index contributed by atoms with van der Waals surface area (Å²) in [5.74, 6) is 0.352. The number of hydrogen-bond donors (Lipinski definition) is 2. The minimum Gasteiger partial charge on any atom is -0.393 e. The number of nitrogens with one attached hydrogen (secondary N) is 1. The average molecular weight is 267 g/mol. The van der Waals surface area contributed by atoms with Gasteiger partial charge in [0.2, 0.25) is 5.91 Å². The van der Waals surface area contributed by atoms with Gasteiger partial charge in [0.1, 0.15) is 0 Å². The summed E-state index contributed by atoms with van der Waals surface area (Å²) in [6, 6.07) is 4.07. The fourth-order valence-corrected chi connectivity index (χ4v) is 3.16. The predicted octanol–water partition coefficient (Wildman–Crippen LogP) is 2.35. The lowest BCUT2D eigenvalue weighted by Gasteiger charge is -2.27. The molecule has 0 saturated heterocycles. The molecule has 0 unspecified atom stereocenters. The second-order valence-electron chi connectivity index (χ2n) is 5.00. The van der Waals surface area contributed by atoms with Crippen LogP contribution >= 0.6 is 11.3 Å². The molecule has 0 bridgehead atoms. The van der Waals surface area contributed by atoms with E-state index in [1.54, 1.807) is 11.3 Å². The second-order valence-corrected chi connectivity index (χ2v) is 6.03. The van der Waals surface area contributed by atoms with E-state index in [1.165, 1.54) is 11.3 Å². The van der Waals surface area contributed by atoms with Crippen LogP contribution in [0.1, 0.15) is 37.0 Å². The van der Waals surface area contributed by atoms with Crippen LogP contribution in [0.25, 0.3) is 0 Å². The molecule has 0 spiro atoms. The maximum Gasteiger partial charge on any atom is 0.220 e. The quantitative estimate of drug-likeness (QED) is 0.860. The molecule has 18 heavy (non-hydrogen) atoms. The van der Waals surface area contributed by atoms with Crippen molar-refractivity contribution >= 4 is 17.2 Å². The van der Waals surface area contributed by atoms with Gasteiger partial charge in [0.05, 0.1) is 6.10 Å². The van der Waals surface area contributed by atoms with Crippen LogP contribution in [-0.2, 0) is 11.2 Å². The molecule has 1 aromatic rings. The smallest absolute Gasteiger partial charge is 0.220 e. The van der Waals surface area contributed by atoms with Gasteiger partial charge in [-0.3, -0.25) is 4.79 Å². The molecule has 0 aromatic carbocycles. The topological polar surface area (TPSA) is 49.3 Å². The average Bonchev–Trinajstić information content (AvgIpc) is 2.88. The first-order chi connectivity index (χ1) is 8.75. The molecule has 1 fully saturated rings. The monoisotopic (exact) mass is 267 g/mol. The van der Waals surface area contributed by atoms with E-state index in [4.69, 9.17) is 0 Å². The van der Waals surface area contributed by atoms with E-state index in [1.807, 2.05) is 11.4 Å². The Morgan fingerprint density at radius 2 is 2.28 bits per heavy atom. The third-order valence-electron chi connectivity index (χ3n) is 3.61. The Hall–Kier alpha value is -0.870. The van der Waals surface area contributed by atoms with Crippen molar-refractivity contribution < 1.29 is 9.90 Å². The molecule has 1 aliphatic rings. The van der Waals surface area contributed by atoms with Gasteiger partial charge in [-0.15, -0.1) is 11.3 Å². The summed E-state index contributed by atoms with van der Waals surface area (Å²) < 4.78 is 0. The van der Waals surface area contributed by atoms with Gasteiger partial charge in [-0.1, -0.05) is 18.9 Å². The normalized spacial score (nSPS) is 23.8. The highest BCUT2D eigenvalue weighted by Crippen LogP contribution is 2.23. The van der Waals surface area contributed by atoms with E-state index < -0.39 is 0 Å². The number of thiophene rings is 1. The Balaban J connectivity index is 1.65. The van der Waals surface area contributed by atoms with E-state index in [2.05, 4.69) is 11.4 Å². The highest BCUT2D eigenvalue weighted by molar-refractivity contribution is 7.09. The molecular weight excluding hydrogens is 246 g/mol. The predicted molar refractivity (Wildman–Crippen MR) is 73.6 cm³/mol. The van der Waals surface area contributed by atoms with Crippen molar-refractivity contribution in [3.63, 3.8) is 0 Å². The van der Waals surface area contributed by atoms with Gasteiger partial charge in [-0.2, -0.15) is 0 Å². The molecule has 0 radical (unpaired) electrons. The molecule has 4 heteroatoms. The Kier molecular flexibility index (Phi) is 5.20. The van der Waals surface area contributed by atoms with E-state index in [0.717, 1.165) is 25.7 Å². The Labute approximate surface area is 112 Å². The maximum absolute atomic E-state index is 11.7. The molecule has 1 aromatic heterocycles. The lowest BCUT2D eigenvalue weighted by Crippen LogP contribution is -2.36. The summed E-state index contributed by atoms with van der Waals surface area (Å²) in [6.07, 6.45) is 5.34. The van der Waals surface area contributed by atoms with E-state index in [9.17, 15) is 9.90 Å². The highest BCUT2D eigenvalue weighted by atomic mass is 32.1. The molecule has 1 amide bonds. The highest BCUT2D eigenvalue weighted by Gasteiger charge is 2.23. The number of rotatable bonds is 5. The van der Waals surface area contributed by atoms with Crippen LogP contribution < -0.4 is 5.32 Å². The summed E-state index contributed by atoms with van der Waals surface area (Å²) in [6.45, 7) is 0.629. The zero-order chi connectivity index (χ0) is 12.8. The third-order valence-corrected chi connectivity index (χ3v) is 4.55. The largest absolute Gasteiger partial charge is 0.393 e. The number of carbonyl (C=O) groups excluding carboxylic acids is 1. The number of aliphatic hydroxyl groups excluding tert-OH is 1. The minimum absolute atomic E-state index is 0.0983.